The van der Waals surface area contributed by atoms with Crippen LogP contribution in [0.15, 0.2) is 12.3 Å². The highest BCUT2D eigenvalue weighted by Gasteiger charge is 2.23. The lowest BCUT2D eigenvalue weighted by molar-refractivity contribution is -0.132. The Morgan fingerprint density at radius 2 is 2.21 bits per heavy atom. The molecule has 1 atom stereocenters. The fourth-order valence-corrected chi connectivity index (χ4v) is 1.98. The standard InChI is InChI=1S/C14H21FN2O2/c1-5-7-17(6-2)14(18)10(3)11-8-13(19-4)16-9-12(11)15/h8-10H,5-7H2,1-4H3. The molecule has 0 saturated carbocycles. The largest absolute Gasteiger partial charge is 0.481 e. The third-order valence-electron chi connectivity index (χ3n) is 3.09. The molecule has 1 aromatic rings. The molecule has 0 aromatic carbocycles. The highest BCUT2D eigenvalue weighted by Crippen LogP contribution is 2.24. The van der Waals surface area contributed by atoms with E-state index in [4.69, 9.17) is 4.74 Å². The summed E-state index contributed by atoms with van der Waals surface area (Å²) in [7, 11) is 1.46. The van der Waals surface area contributed by atoms with Crippen LogP contribution in [0.2, 0.25) is 0 Å². The van der Waals surface area contributed by atoms with E-state index in [1.165, 1.54) is 13.2 Å². The molecule has 19 heavy (non-hydrogen) atoms. The van der Waals surface area contributed by atoms with Crippen molar-refractivity contribution in [1.29, 1.82) is 0 Å². The van der Waals surface area contributed by atoms with E-state index in [9.17, 15) is 9.18 Å². The number of carbonyl (C=O) groups excluding carboxylic acids is 1. The summed E-state index contributed by atoms with van der Waals surface area (Å²) in [4.78, 5) is 17.8. The van der Waals surface area contributed by atoms with Gasteiger partial charge in [-0.3, -0.25) is 4.79 Å². The Balaban J connectivity index is 2.98. The van der Waals surface area contributed by atoms with Crippen LogP contribution in [0.1, 0.15) is 38.7 Å². The van der Waals surface area contributed by atoms with Gasteiger partial charge in [0.05, 0.1) is 19.2 Å². The second-order valence-electron chi connectivity index (χ2n) is 4.39. The van der Waals surface area contributed by atoms with Crippen molar-refractivity contribution < 1.29 is 13.9 Å². The zero-order valence-corrected chi connectivity index (χ0v) is 11.9. The van der Waals surface area contributed by atoms with Crippen LogP contribution in [0, 0.1) is 5.82 Å². The molecule has 1 aromatic heterocycles. The topological polar surface area (TPSA) is 42.4 Å². The van der Waals surface area contributed by atoms with Crippen molar-refractivity contribution in [2.45, 2.75) is 33.1 Å². The number of amides is 1. The molecule has 5 heteroatoms. The number of ether oxygens (including phenoxy) is 1. The molecule has 0 aliphatic heterocycles. The first-order valence-electron chi connectivity index (χ1n) is 6.53. The van der Waals surface area contributed by atoms with Crippen molar-refractivity contribution in [3.8, 4) is 5.88 Å². The van der Waals surface area contributed by atoms with Crippen molar-refractivity contribution in [3.63, 3.8) is 0 Å². The van der Waals surface area contributed by atoms with Gasteiger partial charge in [-0.05, 0) is 20.3 Å². The maximum atomic E-state index is 13.8. The molecule has 1 heterocycles. The molecule has 0 spiro atoms. The average Bonchev–Trinajstić information content (AvgIpc) is 2.43. The van der Waals surface area contributed by atoms with Gasteiger partial charge >= 0.3 is 0 Å². The van der Waals surface area contributed by atoms with Gasteiger partial charge < -0.3 is 9.64 Å². The zero-order chi connectivity index (χ0) is 14.4. The number of hydrogen-bond acceptors (Lipinski definition) is 3. The van der Waals surface area contributed by atoms with E-state index < -0.39 is 11.7 Å². The first-order valence-corrected chi connectivity index (χ1v) is 6.53. The fraction of sp³-hybridized carbons (Fsp3) is 0.571. The quantitative estimate of drug-likeness (QED) is 0.796. The van der Waals surface area contributed by atoms with Crippen LogP contribution in [0.25, 0.3) is 0 Å². The Morgan fingerprint density at radius 3 is 2.74 bits per heavy atom. The number of nitrogens with zero attached hydrogens (tertiary/aromatic N) is 2. The van der Waals surface area contributed by atoms with Gasteiger partial charge in [0.25, 0.3) is 0 Å². The monoisotopic (exact) mass is 268 g/mol. The van der Waals surface area contributed by atoms with Gasteiger partial charge in [-0.2, -0.15) is 0 Å². The van der Waals surface area contributed by atoms with Gasteiger partial charge in [-0.15, -0.1) is 0 Å². The summed E-state index contributed by atoms with van der Waals surface area (Å²) in [6.45, 7) is 6.95. The predicted octanol–water partition coefficient (Wildman–Crippen LogP) is 2.59. The van der Waals surface area contributed by atoms with Gasteiger partial charge in [0, 0.05) is 24.7 Å². The minimum atomic E-state index is -0.539. The van der Waals surface area contributed by atoms with E-state index in [0.717, 1.165) is 12.6 Å². The van der Waals surface area contributed by atoms with Crippen LogP contribution in [0.4, 0.5) is 4.39 Å². The third-order valence-corrected chi connectivity index (χ3v) is 3.09. The maximum absolute atomic E-state index is 13.8. The Kier molecular flexibility index (Phi) is 5.73. The molecule has 1 unspecified atom stereocenters. The van der Waals surface area contributed by atoms with E-state index in [1.807, 2.05) is 13.8 Å². The van der Waals surface area contributed by atoms with Crippen LogP contribution < -0.4 is 4.74 Å². The Morgan fingerprint density at radius 1 is 1.53 bits per heavy atom. The molecular weight excluding hydrogens is 247 g/mol. The molecular formula is C14H21FN2O2. The van der Waals surface area contributed by atoms with Crippen molar-refractivity contribution in [3.05, 3.63) is 23.6 Å². The highest BCUT2D eigenvalue weighted by molar-refractivity contribution is 5.83. The first kappa shape index (κ1) is 15.4. The number of carbonyl (C=O) groups is 1. The summed E-state index contributed by atoms with van der Waals surface area (Å²) >= 11 is 0. The molecule has 106 valence electrons. The molecule has 4 nitrogen and oxygen atoms in total. The third kappa shape index (κ3) is 3.66. The molecule has 0 N–H and O–H groups in total. The van der Waals surface area contributed by atoms with Crippen LogP contribution in [0.5, 0.6) is 5.88 Å². The summed E-state index contributed by atoms with van der Waals surface area (Å²) in [5.74, 6) is -0.774. The van der Waals surface area contributed by atoms with E-state index in [-0.39, 0.29) is 5.91 Å². The highest BCUT2D eigenvalue weighted by atomic mass is 19.1. The van der Waals surface area contributed by atoms with Crippen LogP contribution in [-0.4, -0.2) is 36.0 Å². The van der Waals surface area contributed by atoms with E-state index >= 15 is 0 Å². The van der Waals surface area contributed by atoms with Crippen LogP contribution >= 0.6 is 0 Å². The Bertz CT molecular complexity index is 437. The normalized spacial score (nSPS) is 12.1. The molecule has 0 radical (unpaired) electrons. The van der Waals surface area contributed by atoms with Gasteiger partial charge in [-0.1, -0.05) is 6.92 Å². The summed E-state index contributed by atoms with van der Waals surface area (Å²) in [6.07, 6.45) is 1.97. The predicted molar refractivity (Wildman–Crippen MR) is 71.7 cm³/mol. The number of likely N-dealkylation sites (N-methyl/N-ethyl adjacent to an activating group) is 1. The number of halogens is 1. The molecule has 0 aliphatic carbocycles. The van der Waals surface area contributed by atoms with Crippen LogP contribution in [0.3, 0.4) is 0 Å². The lowest BCUT2D eigenvalue weighted by Crippen LogP contribution is -2.35. The SMILES string of the molecule is CCCN(CC)C(=O)C(C)c1cc(OC)ncc1F. The number of rotatable bonds is 6. The van der Waals surface area contributed by atoms with Crippen molar-refractivity contribution in [2.75, 3.05) is 20.2 Å². The van der Waals surface area contributed by atoms with Crippen molar-refractivity contribution in [2.24, 2.45) is 0 Å². The van der Waals surface area contributed by atoms with E-state index in [0.29, 0.717) is 24.5 Å². The van der Waals surface area contributed by atoms with Gasteiger partial charge in [0.1, 0.15) is 5.82 Å². The maximum Gasteiger partial charge on any atom is 0.229 e. The molecule has 0 aliphatic rings. The summed E-state index contributed by atoms with van der Waals surface area (Å²) in [6, 6.07) is 1.48. The fourth-order valence-electron chi connectivity index (χ4n) is 1.98. The van der Waals surface area contributed by atoms with Gasteiger partial charge in [0.15, 0.2) is 0 Å². The van der Waals surface area contributed by atoms with E-state index in [1.54, 1.807) is 11.8 Å². The molecule has 0 fully saturated rings. The van der Waals surface area contributed by atoms with E-state index in [2.05, 4.69) is 4.98 Å². The lowest BCUT2D eigenvalue weighted by Gasteiger charge is -2.24. The average molecular weight is 268 g/mol. The number of hydrogen-bond donors (Lipinski definition) is 0. The number of aromatic nitrogens is 1. The number of methoxy groups -OCH3 is 1. The van der Waals surface area contributed by atoms with Crippen LogP contribution in [-0.2, 0) is 4.79 Å². The molecule has 1 amide bonds. The summed E-state index contributed by atoms with van der Waals surface area (Å²) in [5, 5.41) is 0. The second kappa shape index (κ2) is 7.07. The molecule has 0 bridgehead atoms. The van der Waals surface area contributed by atoms with Crippen molar-refractivity contribution >= 4 is 5.91 Å². The van der Waals surface area contributed by atoms with Crippen molar-refractivity contribution in [1.82, 2.24) is 9.88 Å². The first-order chi connectivity index (χ1) is 9.04. The molecule has 1 rings (SSSR count). The molecule has 0 saturated heterocycles. The van der Waals surface area contributed by atoms with Gasteiger partial charge in [-0.25, -0.2) is 9.37 Å². The zero-order valence-electron chi connectivity index (χ0n) is 11.9. The summed E-state index contributed by atoms with van der Waals surface area (Å²) < 4.78 is 18.8. The van der Waals surface area contributed by atoms with Gasteiger partial charge in [0.2, 0.25) is 11.8 Å². The number of pyridine rings is 1. The summed E-state index contributed by atoms with van der Waals surface area (Å²) in [5.41, 5.74) is 0.325. The Labute approximate surface area is 113 Å². The minimum absolute atomic E-state index is 0.0727. The smallest absolute Gasteiger partial charge is 0.229 e. The minimum Gasteiger partial charge on any atom is -0.481 e. The second-order valence-corrected chi connectivity index (χ2v) is 4.39. The Hall–Kier alpha value is -1.65. The lowest BCUT2D eigenvalue weighted by atomic mass is 10.00.